The predicted octanol–water partition coefficient (Wildman–Crippen LogP) is 0.861. The number of rotatable bonds is 1. The van der Waals surface area contributed by atoms with Crippen LogP contribution in [0.25, 0.3) is 5.82 Å². The number of aromatic nitrogens is 4. The van der Waals surface area contributed by atoms with Gasteiger partial charge in [0.2, 0.25) is 0 Å². The van der Waals surface area contributed by atoms with Crippen molar-refractivity contribution >= 4 is 5.82 Å². The van der Waals surface area contributed by atoms with E-state index < -0.39 is 0 Å². The molecule has 2 aromatic rings. The first-order chi connectivity index (χ1) is 6.66. The van der Waals surface area contributed by atoms with Crippen molar-refractivity contribution in [1.82, 2.24) is 20.0 Å². The topological polar surface area (TPSA) is 69.6 Å². The number of aryl methyl sites for hydroxylation is 2. The molecule has 0 bridgehead atoms. The van der Waals surface area contributed by atoms with E-state index >= 15 is 0 Å². The zero-order valence-corrected chi connectivity index (χ0v) is 8.10. The molecule has 0 saturated carbocycles. The van der Waals surface area contributed by atoms with Gasteiger partial charge in [0.05, 0.1) is 6.20 Å². The third-order valence-corrected chi connectivity index (χ3v) is 1.95. The van der Waals surface area contributed by atoms with Crippen LogP contribution in [-0.2, 0) is 0 Å². The molecule has 2 heterocycles. The summed E-state index contributed by atoms with van der Waals surface area (Å²) in [5, 5.41) is 11.9. The van der Waals surface area contributed by atoms with Crippen LogP contribution in [0.2, 0.25) is 0 Å². The van der Waals surface area contributed by atoms with Crippen LogP contribution < -0.4 is 5.73 Å². The molecule has 0 aliphatic carbocycles. The van der Waals surface area contributed by atoms with Crippen LogP contribution in [0, 0.1) is 13.8 Å². The van der Waals surface area contributed by atoms with Gasteiger partial charge in [-0.05, 0) is 25.5 Å². The summed E-state index contributed by atoms with van der Waals surface area (Å²) in [4.78, 5) is 0. The molecule has 2 rings (SSSR count). The number of anilines is 1. The average molecular weight is 189 g/mol. The largest absolute Gasteiger partial charge is 0.382 e. The van der Waals surface area contributed by atoms with E-state index in [1.54, 1.807) is 10.9 Å². The van der Waals surface area contributed by atoms with Gasteiger partial charge in [0.25, 0.3) is 0 Å². The van der Waals surface area contributed by atoms with Gasteiger partial charge in [-0.1, -0.05) is 0 Å². The Hall–Kier alpha value is -1.91. The van der Waals surface area contributed by atoms with Crippen molar-refractivity contribution in [1.29, 1.82) is 0 Å². The Morgan fingerprint density at radius 3 is 2.71 bits per heavy atom. The molecule has 0 aliphatic rings. The maximum atomic E-state index is 5.64. The first-order valence-electron chi connectivity index (χ1n) is 4.28. The van der Waals surface area contributed by atoms with Crippen LogP contribution in [0.5, 0.6) is 0 Å². The molecule has 0 fully saturated rings. The molecule has 0 aliphatic heterocycles. The lowest BCUT2D eigenvalue weighted by Crippen LogP contribution is -2.00. The van der Waals surface area contributed by atoms with Gasteiger partial charge in [-0.15, -0.1) is 10.2 Å². The molecule has 14 heavy (non-hydrogen) atoms. The molecule has 2 N–H and O–H groups in total. The van der Waals surface area contributed by atoms with E-state index in [4.69, 9.17) is 5.73 Å². The van der Waals surface area contributed by atoms with Crippen LogP contribution in [0.3, 0.4) is 0 Å². The van der Waals surface area contributed by atoms with E-state index in [0.717, 1.165) is 11.1 Å². The minimum absolute atomic E-state index is 0.522. The van der Waals surface area contributed by atoms with Gasteiger partial charge in [0, 0.05) is 11.8 Å². The monoisotopic (exact) mass is 189 g/mol. The summed E-state index contributed by atoms with van der Waals surface area (Å²) in [5.74, 6) is 1.21. The highest BCUT2D eigenvalue weighted by molar-refractivity contribution is 5.38. The molecule has 0 saturated heterocycles. The first kappa shape index (κ1) is 8.68. The van der Waals surface area contributed by atoms with Crippen LogP contribution in [0.1, 0.15) is 11.1 Å². The van der Waals surface area contributed by atoms with Gasteiger partial charge < -0.3 is 5.73 Å². The van der Waals surface area contributed by atoms with Gasteiger partial charge in [-0.25, -0.2) is 4.68 Å². The maximum absolute atomic E-state index is 5.64. The van der Waals surface area contributed by atoms with Crippen LogP contribution >= 0.6 is 0 Å². The van der Waals surface area contributed by atoms with Gasteiger partial charge in [0.1, 0.15) is 5.82 Å². The quantitative estimate of drug-likeness (QED) is 0.722. The van der Waals surface area contributed by atoms with Crippen molar-refractivity contribution in [2.45, 2.75) is 13.8 Å². The second-order valence-corrected chi connectivity index (χ2v) is 3.23. The van der Waals surface area contributed by atoms with E-state index in [1.165, 1.54) is 0 Å². The summed E-state index contributed by atoms with van der Waals surface area (Å²) < 4.78 is 1.63. The summed E-state index contributed by atoms with van der Waals surface area (Å²) >= 11 is 0. The molecule has 0 atom stereocenters. The van der Waals surface area contributed by atoms with Crippen molar-refractivity contribution in [3.8, 4) is 5.82 Å². The van der Waals surface area contributed by atoms with E-state index in [0.29, 0.717) is 11.6 Å². The molecule has 5 nitrogen and oxygen atoms in total. The van der Waals surface area contributed by atoms with Crippen molar-refractivity contribution in [3.63, 3.8) is 0 Å². The number of nitrogens with two attached hydrogens (primary N) is 1. The Balaban J connectivity index is 2.49. The van der Waals surface area contributed by atoms with E-state index in [2.05, 4.69) is 15.3 Å². The van der Waals surface area contributed by atoms with Gasteiger partial charge in [-0.2, -0.15) is 5.10 Å². The second-order valence-electron chi connectivity index (χ2n) is 3.23. The zero-order valence-electron chi connectivity index (χ0n) is 8.10. The highest BCUT2D eigenvalue weighted by Crippen LogP contribution is 2.10. The summed E-state index contributed by atoms with van der Waals surface area (Å²) in [5.41, 5.74) is 7.62. The highest BCUT2D eigenvalue weighted by atomic mass is 15.3. The molecular weight excluding hydrogens is 178 g/mol. The normalized spacial score (nSPS) is 10.4. The molecule has 2 aromatic heterocycles. The third kappa shape index (κ3) is 1.44. The lowest BCUT2D eigenvalue weighted by atomic mass is 10.3. The molecule has 0 aromatic carbocycles. The minimum Gasteiger partial charge on any atom is -0.382 e. The first-order valence-corrected chi connectivity index (χ1v) is 4.28. The number of hydrogen-bond donors (Lipinski definition) is 1. The lowest BCUT2D eigenvalue weighted by molar-refractivity contribution is 0.813. The molecule has 0 spiro atoms. The van der Waals surface area contributed by atoms with Gasteiger partial charge in [-0.3, -0.25) is 0 Å². The molecule has 5 heteroatoms. The Bertz CT molecular complexity index is 440. The minimum atomic E-state index is 0.522. The fraction of sp³-hybridized carbons (Fsp3) is 0.222. The van der Waals surface area contributed by atoms with Crippen molar-refractivity contribution in [3.05, 3.63) is 29.6 Å². The van der Waals surface area contributed by atoms with Gasteiger partial charge in [0.15, 0.2) is 5.82 Å². The van der Waals surface area contributed by atoms with Crippen LogP contribution in [0.15, 0.2) is 18.5 Å². The van der Waals surface area contributed by atoms with Gasteiger partial charge >= 0.3 is 0 Å². The fourth-order valence-electron chi connectivity index (χ4n) is 1.15. The third-order valence-electron chi connectivity index (χ3n) is 1.95. The van der Waals surface area contributed by atoms with E-state index in [9.17, 15) is 0 Å². The molecule has 0 unspecified atom stereocenters. The highest BCUT2D eigenvalue weighted by Gasteiger charge is 2.04. The number of nitrogens with zero attached hydrogens (tertiary/aromatic N) is 4. The predicted molar refractivity (Wildman–Crippen MR) is 53.0 cm³/mol. The summed E-state index contributed by atoms with van der Waals surface area (Å²) in [7, 11) is 0. The molecule has 72 valence electrons. The smallest absolute Gasteiger partial charge is 0.175 e. The Labute approximate surface area is 81.6 Å². The SMILES string of the molecule is Cc1cnnc(-n2cc(C)c(N)n2)c1. The summed E-state index contributed by atoms with van der Waals surface area (Å²) in [6.07, 6.45) is 3.53. The Morgan fingerprint density at radius 2 is 2.14 bits per heavy atom. The maximum Gasteiger partial charge on any atom is 0.175 e. The Kier molecular flexibility index (Phi) is 1.92. The van der Waals surface area contributed by atoms with E-state index in [1.807, 2.05) is 26.1 Å². The number of hydrogen-bond acceptors (Lipinski definition) is 4. The number of nitrogen functional groups attached to an aromatic ring is 1. The lowest BCUT2D eigenvalue weighted by Gasteiger charge is -1.98. The van der Waals surface area contributed by atoms with Crippen LogP contribution in [0.4, 0.5) is 5.82 Å². The average Bonchev–Trinajstić information content (AvgIpc) is 2.47. The standard InChI is InChI=1S/C9H11N5/c1-6-3-8(12-11-4-6)14-5-7(2)9(10)13-14/h3-5H,1-2H3,(H2,10,13). The molecule has 0 amide bonds. The molecule has 0 radical (unpaired) electrons. The molecular formula is C9H11N5. The van der Waals surface area contributed by atoms with Crippen LogP contribution in [-0.4, -0.2) is 20.0 Å². The Morgan fingerprint density at radius 1 is 1.36 bits per heavy atom. The zero-order chi connectivity index (χ0) is 10.1. The van der Waals surface area contributed by atoms with E-state index in [-0.39, 0.29) is 0 Å². The second kappa shape index (κ2) is 3.10. The summed E-state index contributed by atoms with van der Waals surface area (Å²) in [6.45, 7) is 3.86. The summed E-state index contributed by atoms with van der Waals surface area (Å²) in [6, 6.07) is 1.90. The van der Waals surface area contributed by atoms with Crippen molar-refractivity contribution < 1.29 is 0 Å². The van der Waals surface area contributed by atoms with Crippen molar-refractivity contribution in [2.24, 2.45) is 0 Å². The van der Waals surface area contributed by atoms with Crippen molar-refractivity contribution in [2.75, 3.05) is 5.73 Å². The fourth-order valence-corrected chi connectivity index (χ4v) is 1.15.